The van der Waals surface area contributed by atoms with Gasteiger partial charge in [0.05, 0.1) is 12.2 Å². The molecule has 1 aromatic heterocycles. The minimum absolute atomic E-state index is 0.0754. The normalized spacial score (nSPS) is 19.7. The minimum Gasteiger partial charge on any atom is -0.383 e. The average Bonchev–Trinajstić information content (AvgIpc) is 3.31. The van der Waals surface area contributed by atoms with Crippen molar-refractivity contribution in [2.45, 2.75) is 56.7 Å². The highest BCUT2D eigenvalue weighted by Gasteiger charge is 2.28. The highest BCUT2D eigenvalue weighted by Crippen LogP contribution is 2.30. The van der Waals surface area contributed by atoms with Gasteiger partial charge in [0.2, 0.25) is 0 Å². The molecule has 1 unspecified atom stereocenters. The molecule has 0 radical (unpaired) electrons. The number of amides is 1. The maximum Gasteiger partial charge on any atom is 0.411 e. The number of nitrogens with zero attached hydrogens (tertiary/aromatic N) is 2. The molecule has 4 rings (SSSR count). The van der Waals surface area contributed by atoms with Gasteiger partial charge in [0.15, 0.2) is 0 Å². The number of halogens is 3. The van der Waals surface area contributed by atoms with E-state index in [2.05, 4.69) is 27.3 Å². The summed E-state index contributed by atoms with van der Waals surface area (Å²) in [6.07, 6.45) is 3.84. The SMILES string of the molecule is Nc1ncc(-c2ccc(C3CCN(CCOCC(F)(F)F)C3)cc2)cc1C(=O)NC1CCCCC1. The molecule has 1 aromatic carbocycles. The number of benzene rings is 1. The van der Waals surface area contributed by atoms with Crippen LogP contribution < -0.4 is 11.1 Å². The van der Waals surface area contributed by atoms with Crippen LogP contribution in [0.4, 0.5) is 19.0 Å². The number of ether oxygens (including phenoxy) is 1. The zero-order chi connectivity index (χ0) is 24.8. The van der Waals surface area contributed by atoms with E-state index in [1.807, 2.05) is 12.1 Å². The summed E-state index contributed by atoms with van der Waals surface area (Å²) in [7, 11) is 0. The highest BCUT2D eigenvalue weighted by atomic mass is 19.4. The van der Waals surface area contributed by atoms with E-state index >= 15 is 0 Å². The fraction of sp³-hybridized carbons (Fsp3) is 0.538. The molecule has 0 spiro atoms. The van der Waals surface area contributed by atoms with Crippen LogP contribution >= 0.6 is 0 Å². The number of hydrogen-bond donors (Lipinski definition) is 2. The number of hydrogen-bond acceptors (Lipinski definition) is 5. The van der Waals surface area contributed by atoms with Crippen LogP contribution in [-0.2, 0) is 4.74 Å². The Morgan fingerprint density at radius 3 is 2.57 bits per heavy atom. The number of nitrogens with two attached hydrogens (primary N) is 1. The predicted octanol–water partition coefficient (Wildman–Crippen LogP) is 4.76. The molecule has 35 heavy (non-hydrogen) atoms. The molecule has 2 aromatic rings. The lowest BCUT2D eigenvalue weighted by Gasteiger charge is -2.23. The van der Waals surface area contributed by atoms with Gasteiger partial charge in [-0.1, -0.05) is 43.5 Å². The van der Waals surface area contributed by atoms with Gasteiger partial charge in [-0.2, -0.15) is 13.2 Å². The first-order chi connectivity index (χ1) is 16.8. The molecule has 0 bridgehead atoms. The van der Waals surface area contributed by atoms with Gasteiger partial charge in [0.25, 0.3) is 5.91 Å². The van der Waals surface area contributed by atoms with Crippen LogP contribution in [0.25, 0.3) is 11.1 Å². The van der Waals surface area contributed by atoms with Gasteiger partial charge in [-0.25, -0.2) is 4.98 Å². The molecule has 9 heteroatoms. The number of carbonyl (C=O) groups excluding carboxylic acids is 1. The van der Waals surface area contributed by atoms with Crippen LogP contribution in [0.1, 0.15) is 60.4 Å². The third kappa shape index (κ3) is 7.18. The maximum absolute atomic E-state index is 12.8. The lowest BCUT2D eigenvalue weighted by molar-refractivity contribution is -0.174. The Balaban J connectivity index is 1.34. The summed E-state index contributed by atoms with van der Waals surface area (Å²) in [6, 6.07) is 10.2. The van der Waals surface area contributed by atoms with Crippen LogP contribution in [0.15, 0.2) is 36.5 Å². The standard InChI is InChI=1S/C26H33F3N4O2/c27-26(28,29)17-35-13-12-33-11-10-20(16-33)18-6-8-19(9-7-18)21-14-23(24(30)31-15-21)25(34)32-22-4-2-1-3-5-22/h6-9,14-15,20,22H,1-5,10-13,16-17H2,(H2,30,31)(H,32,34). The Hall–Kier alpha value is -2.65. The Kier molecular flexibility index (Phi) is 8.28. The minimum atomic E-state index is -4.28. The smallest absolute Gasteiger partial charge is 0.383 e. The molecule has 1 saturated heterocycles. The van der Waals surface area contributed by atoms with Crippen molar-refractivity contribution >= 4 is 11.7 Å². The number of alkyl halides is 3. The zero-order valence-electron chi connectivity index (χ0n) is 19.8. The summed E-state index contributed by atoms with van der Waals surface area (Å²) >= 11 is 0. The third-order valence-electron chi connectivity index (χ3n) is 6.91. The van der Waals surface area contributed by atoms with Crippen LogP contribution in [0.3, 0.4) is 0 Å². The first-order valence-corrected chi connectivity index (χ1v) is 12.3. The van der Waals surface area contributed by atoms with E-state index < -0.39 is 12.8 Å². The molecule has 2 heterocycles. The lowest BCUT2D eigenvalue weighted by atomic mass is 9.95. The van der Waals surface area contributed by atoms with Gasteiger partial charge in [-0.3, -0.25) is 4.79 Å². The molecule has 1 aliphatic carbocycles. The number of rotatable bonds is 8. The molecule has 2 fully saturated rings. The molecule has 2 aliphatic rings. The summed E-state index contributed by atoms with van der Waals surface area (Å²) in [5.74, 6) is 0.377. The van der Waals surface area contributed by atoms with Gasteiger partial charge < -0.3 is 20.7 Å². The zero-order valence-corrected chi connectivity index (χ0v) is 19.8. The van der Waals surface area contributed by atoms with Crippen molar-refractivity contribution in [1.29, 1.82) is 0 Å². The molecule has 6 nitrogen and oxygen atoms in total. The number of likely N-dealkylation sites (tertiary alicyclic amines) is 1. The number of pyridine rings is 1. The van der Waals surface area contributed by atoms with Crippen LogP contribution in [-0.4, -0.2) is 60.9 Å². The summed E-state index contributed by atoms with van der Waals surface area (Å²) in [6.45, 7) is 1.00. The third-order valence-corrected chi connectivity index (χ3v) is 6.91. The number of nitrogen functional groups attached to an aromatic ring is 1. The highest BCUT2D eigenvalue weighted by molar-refractivity contribution is 5.99. The molecule has 1 saturated carbocycles. The van der Waals surface area contributed by atoms with Gasteiger partial charge in [-0.05, 0) is 48.9 Å². The fourth-order valence-electron chi connectivity index (χ4n) is 4.96. The summed E-state index contributed by atoms with van der Waals surface area (Å²) in [4.78, 5) is 19.2. The van der Waals surface area contributed by atoms with Crippen molar-refractivity contribution in [2.75, 3.05) is 38.6 Å². The molecule has 1 aliphatic heterocycles. The van der Waals surface area contributed by atoms with Crippen LogP contribution in [0.2, 0.25) is 0 Å². The van der Waals surface area contributed by atoms with Crippen molar-refractivity contribution in [3.63, 3.8) is 0 Å². The quantitative estimate of drug-likeness (QED) is 0.522. The average molecular weight is 491 g/mol. The second kappa shape index (κ2) is 11.4. The topological polar surface area (TPSA) is 80.5 Å². The summed E-state index contributed by atoms with van der Waals surface area (Å²) < 4.78 is 41.3. The Morgan fingerprint density at radius 1 is 1.11 bits per heavy atom. The maximum atomic E-state index is 12.8. The molecule has 1 atom stereocenters. The van der Waals surface area contributed by atoms with E-state index in [1.165, 1.54) is 12.0 Å². The Labute approximate surface area is 204 Å². The van der Waals surface area contributed by atoms with Crippen LogP contribution in [0, 0.1) is 0 Å². The van der Waals surface area contributed by atoms with Crippen molar-refractivity contribution in [1.82, 2.24) is 15.2 Å². The molecule has 190 valence electrons. The summed E-state index contributed by atoms with van der Waals surface area (Å²) in [5, 5.41) is 3.10. The van der Waals surface area contributed by atoms with E-state index in [4.69, 9.17) is 10.5 Å². The van der Waals surface area contributed by atoms with Crippen molar-refractivity contribution in [2.24, 2.45) is 0 Å². The second-order valence-corrected chi connectivity index (χ2v) is 9.54. The van der Waals surface area contributed by atoms with E-state index in [1.54, 1.807) is 12.3 Å². The first kappa shape index (κ1) is 25.4. The Bertz CT molecular complexity index is 991. The van der Waals surface area contributed by atoms with E-state index in [0.29, 0.717) is 18.0 Å². The molecular weight excluding hydrogens is 457 g/mol. The number of carbonyl (C=O) groups is 1. The predicted molar refractivity (Wildman–Crippen MR) is 129 cm³/mol. The second-order valence-electron chi connectivity index (χ2n) is 9.54. The lowest BCUT2D eigenvalue weighted by Crippen LogP contribution is -2.36. The fourth-order valence-corrected chi connectivity index (χ4v) is 4.96. The van der Waals surface area contributed by atoms with Gasteiger partial charge in [0.1, 0.15) is 12.4 Å². The molecule has 1 amide bonds. The van der Waals surface area contributed by atoms with Crippen LogP contribution in [0.5, 0.6) is 0 Å². The van der Waals surface area contributed by atoms with Crippen molar-refractivity contribution in [3.05, 3.63) is 47.7 Å². The first-order valence-electron chi connectivity index (χ1n) is 12.3. The molecular formula is C26H33F3N4O2. The largest absolute Gasteiger partial charge is 0.411 e. The van der Waals surface area contributed by atoms with Gasteiger partial charge >= 0.3 is 6.18 Å². The van der Waals surface area contributed by atoms with Gasteiger partial charge in [0, 0.05) is 30.9 Å². The number of anilines is 1. The number of nitrogens with one attached hydrogen (secondary N) is 1. The van der Waals surface area contributed by atoms with E-state index in [9.17, 15) is 18.0 Å². The number of aromatic nitrogens is 1. The van der Waals surface area contributed by atoms with Crippen molar-refractivity contribution < 1.29 is 22.7 Å². The summed E-state index contributed by atoms with van der Waals surface area (Å²) in [5.41, 5.74) is 9.38. The van der Waals surface area contributed by atoms with E-state index in [-0.39, 0.29) is 24.4 Å². The van der Waals surface area contributed by atoms with Gasteiger partial charge in [-0.15, -0.1) is 0 Å². The van der Waals surface area contributed by atoms with E-state index in [0.717, 1.165) is 56.3 Å². The monoisotopic (exact) mass is 490 g/mol. The molecule has 3 N–H and O–H groups in total. The van der Waals surface area contributed by atoms with Crippen molar-refractivity contribution in [3.8, 4) is 11.1 Å². The Morgan fingerprint density at radius 2 is 1.86 bits per heavy atom.